The molecule has 0 bridgehead atoms. The van der Waals surface area contributed by atoms with Gasteiger partial charge in [0.2, 0.25) is 0 Å². The van der Waals surface area contributed by atoms with Gasteiger partial charge in [0.15, 0.2) is 6.61 Å². The maximum atomic E-state index is 13.6. The number of nitrogens with zero attached hydrogens (tertiary/aromatic N) is 2. The first-order valence-electron chi connectivity index (χ1n) is 12.7. The van der Waals surface area contributed by atoms with Crippen LogP contribution < -0.4 is 15.6 Å². The number of amides is 2. The van der Waals surface area contributed by atoms with Crippen molar-refractivity contribution in [1.82, 2.24) is 10.4 Å². The van der Waals surface area contributed by atoms with Crippen molar-refractivity contribution in [3.8, 4) is 11.8 Å². The number of hydrazine groups is 1. The van der Waals surface area contributed by atoms with E-state index in [2.05, 4.69) is 5.43 Å². The number of rotatable bonds is 5. The van der Waals surface area contributed by atoms with E-state index in [9.17, 15) is 14.9 Å². The zero-order valence-electron chi connectivity index (χ0n) is 24.1. The molecule has 1 heterocycles. The summed E-state index contributed by atoms with van der Waals surface area (Å²) in [4.78, 5) is 27.1. The molecule has 1 N–H and O–H groups in total. The maximum Gasteiger partial charge on any atom is 0.498 e. The van der Waals surface area contributed by atoms with Crippen LogP contribution in [0.2, 0.25) is 0 Å². The van der Waals surface area contributed by atoms with Crippen molar-refractivity contribution >= 4 is 24.4 Å². The van der Waals surface area contributed by atoms with Gasteiger partial charge in [-0.2, -0.15) is 5.26 Å². The number of nitrogens with one attached hydrogen (secondary N) is 1. The molecule has 8 nitrogen and oxygen atoms in total. The van der Waals surface area contributed by atoms with Crippen LogP contribution in [0.5, 0.6) is 5.75 Å². The minimum atomic E-state index is -0.735. The summed E-state index contributed by atoms with van der Waals surface area (Å²) in [6.07, 6.45) is 0. The van der Waals surface area contributed by atoms with Gasteiger partial charge in [-0.1, -0.05) is 23.3 Å². The van der Waals surface area contributed by atoms with Gasteiger partial charge in [0.25, 0.3) is 11.8 Å². The van der Waals surface area contributed by atoms with Gasteiger partial charge in [0.1, 0.15) is 11.8 Å². The highest BCUT2D eigenvalue weighted by Crippen LogP contribution is 2.37. The Hall–Kier alpha value is -3.35. The lowest BCUT2D eigenvalue weighted by Gasteiger charge is -2.36. The van der Waals surface area contributed by atoms with E-state index in [0.29, 0.717) is 27.9 Å². The predicted octanol–water partition coefficient (Wildman–Crippen LogP) is 4.40. The van der Waals surface area contributed by atoms with Gasteiger partial charge in [0.05, 0.1) is 16.7 Å². The van der Waals surface area contributed by atoms with Crippen LogP contribution in [-0.4, -0.2) is 47.3 Å². The average Bonchev–Trinajstić information content (AvgIpc) is 3.01. The molecule has 0 unspecified atom stereocenters. The highest BCUT2D eigenvalue weighted by molar-refractivity contribution is 6.63. The molecule has 0 saturated carbocycles. The fourth-order valence-corrected chi connectivity index (χ4v) is 4.32. The molecule has 38 heavy (non-hydrogen) atoms. The third kappa shape index (κ3) is 5.87. The fourth-order valence-electron chi connectivity index (χ4n) is 4.32. The first-order chi connectivity index (χ1) is 17.5. The molecule has 0 spiro atoms. The summed E-state index contributed by atoms with van der Waals surface area (Å²) in [5, 5.41) is 10.5. The molecular formula is C29H38BN3O5. The van der Waals surface area contributed by atoms with Crippen LogP contribution in [0.25, 0.3) is 0 Å². The van der Waals surface area contributed by atoms with E-state index >= 15 is 0 Å². The van der Waals surface area contributed by atoms with Gasteiger partial charge in [-0.3, -0.25) is 15.0 Å². The molecule has 0 radical (unpaired) electrons. The Kier molecular flexibility index (Phi) is 8.02. The number of nitriles is 1. The number of hydrogen-bond acceptors (Lipinski definition) is 6. The normalized spacial score (nSPS) is 16.1. The van der Waals surface area contributed by atoms with Gasteiger partial charge in [-0.25, -0.2) is 5.01 Å². The summed E-state index contributed by atoms with van der Waals surface area (Å²) in [5.74, 6) is -0.442. The van der Waals surface area contributed by atoms with Crippen LogP contribution in [0.4, 0.5) is 0 Å². The summed E-state index contributed by atoms with van der Waals surface area (Å²) in [6, 6.07) is 10.9. The number of carbonyl (C=O) groups excluding carboxylic acids is 2. The van der Waals surface area contributed by atoms with E-state index in [0.717, 1.165) is 11.1 Å². The first-order valence-corrected chi connectivity index (χ1v) is 12.7. The van der Waals surface area contributed by atoms with Gasteiger partial charge in [-0.15, -0.1) is 0 Å². The molecule has 3 rings (SSSR count). The zero-order chi connectivity index (χ0) is 28.6. The molecular weight excluding hydrogens is 481 g/mol. The summed E-state index contributed by atoms with van der Waals surface area (Å²) >= 11 is 0. The van der Waals surface area contributed by atoms with Crippen molar-refractivity contribution in [2.24, 2.45) is 0 Å². The lowest BCUT2D eigenvalue weighted by Crippen LogP contribution is -2.56. The van der Waals surface area contributed by atoms with E-state index in [-0.39, 0.29) is 12.5 Å². The van der Waals surface area contributed by atoms with E-state index in [1.54, 1.807) is 31.2 Å². The van der Waals surface area contributed by atoms with Crippen LogP contribution in [-0.2, 0) is 9.31 Å². The van der Waals surface area contributed by atoms with Crippen LogP contribution >= 0.6 is 0 Å². The zero-order valence-corrected chi connectivity index (χ0v) is 24.1. The molecule has 1 aliphatic rings. The van der Waals surface area contributed by atoms with Crippen LogP contribution in [0.1, 0.15) is 85.9 Å². The molecule has 0 aromatic heterocycles. The quantitative estimate of drug-likeness (QED) is 0.464. The second-order valence-corrected chi connectivity index (χ2v) is 11.8. The number of carbonyl (C=O) groups is 2. The van der Waals surface area contributed by atoms with Crippen molar-refractivity contribution in [2.75, 3.05) is 6.61 Å². The number of ether oxygens (including phenoxy) is 1. The van der Waals surface area contributed by atoms with Gasteiger partial charge >= 0.3 is 7.12 Å². The van der Waals surface area contributed by atoms with Gasteiger partial charge in [-0.05, 0) is 87.4 Å². The highest BCUT2D eigenvalue weighted by Gasteiger charge is 2.52. The Balaban J connectivity index is 1.99. The molecule has 1 aliphatic heterocycles. The Morgan fingerprint density at radius 1 is 1.03 bits per heavy atom. The van der Waals surface area contributed by atoms with E-state index in [1.165, 1.54) is 5.01 Å². The molecule has 202 valence electrons. The Bertz CT molecular complexity index is 1250. The topological polar surface area (TPSA) is 101 Å². The molecule has 9 heteroatoms. The standard InChI is InChI=1S/C29H38BN3O5/c1-18-15-19(2)17-21(16-18)26(35)33(27(4,5)6)32-25(34)22-11-12-23(24(20(22)3)36-14-13-31)30-37-28(7,8)29(9,10)38-30/h11-12,15-17H,14H2,1-10H3,(H,32,34). The molecule has 1 saturated heterocycles. The minimum absolute atomic E-state index is 0.211. The van der Waals surface area contributed by atoms with Gasteiger partial charge in [0, 0.05) is 22.2 Å². The van der Waals surface area contributed by atoms with E-state index < -0.39 is 29.8 Å². The van der Waals surface area contributed by atoms with Crippen molar-refractivity contribution in [1.29, 1.82) is 5.26 Å². The Morgan fingerprint density at radius 3 is 2.08 bits per heavy atom. The maximum absolute atomic E-state index is 13.6. The van der Waals surface area contributed by atoms with Crippen molar-refractivity contribution in [3.05, 3.63) is 58.1 Å². The molecule has 0 aliphatic carbocycles. The highest BCUT2D eigenvalue weighted by atomic mass is 16.7. The van der Waals surface area contributed by atoms with E-state index in [4.69, 9.17) is 14.0 Å². The van der Waals surface area contributed by atoms with Crippen LogP contribution in [0.15, 0.2) is 30.3 Å². The van der Waals surface area contributed by atoms with Crippen molar-refractivity contribution in [3.63, 3.8) is 0 Å². The SMILES string of the molecule is Cc1cc(C)cc(C(=O)N(NC(=O)c2ccc(B3OC(C)(C)C(C)(C)O3)c(OCC#N)c2C)C(C)(C)C)c1. The third-order valence-electron chi connectivity index (χ3n) is 7.03. The Morgan fingerprint density at radius 2 is 1.58 bits per heavy atom. The number of aryl methyl sites for hydroxylation is 2. The van der Waals surface area contributed by atoms with Crippen molar-refractivity contribution in [2.45, 2.75) is 86.0 Å². The predicted molar refractivity (Wildman–Crippen MR) is 147 cm³/mol. The van der Waals surface area contributed by atoms with Crippen LogP contribution in [0.3, 0.4) is 0 Å². The summed E-state index contributed by atoms with van der Waals surface area (Å²) in [6.45, 7) is 18.7. The lowest BCUT2D eigenvalue weighted by molar-refractivity contribution is 0.00578. The largest absolute Gasteiger partial charge is 0.498 e. The average molecular weight is 519 g/mol. The molecule has 2 aromatic carbocycles. The van der Waals surface area contributed by atoms with Crippen molar-refractivity contribution < 1.29 is 23.6 Å². The Labute approximate surface area is 226 Å². The minimum Gasteiger partial charge on any atom is -0.479 e. The molecule has 2 amide bonds. The second-order valence-electron chi connectivity index (χ2n) is 11.8. The number of benzene rings is 2. The fraction of sp³-hybridized carbons (Fsp3) is 0.483. The third-order valence-corrected chi connectivity index (χ3v) is 7.03. The molecule has 1 fully saturated rings. The monoisotopic (exact) mass is 519 g/mol. The first kappa shape index (κ1) is 29.2. The summed E-state index contributed by atoms with van der Waals surface area (Å²) in [5.41, 5.74) is 4.77. The van der Waals surface area contributed by atoms with Gasteiger partial charge < -0.3 is 14.0 Å². The molecule has 0 atom stereocenters. The summed E-state index contributed by atoms with van der Waals surface area (Å²) < 4.78 is 18.2. The number of hydrogen-bond donors (Lipinski definition) is 1. The summed E-state index contributed by atoms with van der Waals surface area (Å²) in [7, 11) is -0.735. The lowest BCUT2D eigenvalue weighted by atomic mass is 9.76. The van der Waals surface area contributed by atoms with E-state index in [1.807, 2.05) is 74.4 Å². The second kappa shape index (κ2) is 10.4. The smallest absolute Gasteiger partial charge is 0.479 e. The van der Waals surface area contributed by atoms with Crippen LogP contribution in [0, 0.1) is 32.1 Å². The molecule has 2 aromatic rings.